The molecule has 0 radical (unpaired) electrons. The summed E-state index contributed by atoms with van der Waals surface area (Å²) in [5.41, 5.74) is 5.45. The van der Waals surface area contributed by atoms with Gasteiger partial charge in [0.15, 0.2) is 5.82 Å². The zero-order chi connectivity index (χ0) is 15.6. The minimum Gasteiger partial charge on any atom is -0.376 e. The van der Waals surface area contributed by atoms with Gasteiger partial charge in [0.1, 0.15) is 11.4 Å². The van der Waals surface area contributed by atoms with Crippen molar-refractivity contribution in [3.05, 3.63) is 34.3 Å². The minimum absolute atomic E-state index is 0.0433. The number of rotatable bonds is 5. The summed E-state index contributed by atoms with van der Waals surface area (Å²) < 4.78 is 25.1. The van der Waals surface area contributed by atoms with Crippen molar-refractivity contribution in [2.24, 2.45) is 5.73 Å². The van der Waals surface area contributed by atoms with Gasteiger partial charge in [0.05, 0.1) is 18.3 Å². The lowest BCUT2D eigenvalue weighted by Gasteiger charge is -2.21. The highest BCUT2D eigenvalue weighted by atomic mass is 79.9. The van der Waals surface area contributed by atoms with Gasteiger partial charge < -0.3 is 15.0 Å². The summed E-state index contributed by atoms with van der Waals surface area (Å²) in [7, 11) is 0. The lowest BCUT2D eigenvalue weighted by Crippen LogP contribution is -2.40. The molecule has 0 aliphatic carbocycles. The third kappa shape index (κ3) is 3.87. The van der Waals surface area contributed by atoms with Gasteiger partial charge in [-0.1, -0.05) is 21.1 Å². The number of nitrogens with zero attached hydrogens (tertiary/aromatic N) is 2. The van der Waals surface area contributed by atoms with E-state index >= 15 is 0 Å². The van der Waals surface area contributed by atoms with E-state index in [9.17, 15) is 4.39 Å². The van der Waals surface area contributed by atoms with Gasteiger partial charge in [0.25, 0.3) is 5.89 Å². The van der Waals surface area contributed by atoms with E-state index in [1.807, 2.05) is 13.8 Å². The molecule has 0 spiro atoms. The Bertz CT molecular complexity index is 628. The SMILES string of the molecule is CC(C)OCC(C)(N)c1noc(-c2cc(Br)ccc2F)n1. The molecule has 1 heterocycles. The predicted molar refractivity (Wildman–Crippen MR) is 80.0 cm³/mol. The molecule has 1 atom stereocenters. The quantitative estimate of drug-likeness (QED) is 0.888. The Hall–Kier alpha value is -1.31. The van der Waals surface area contributed by atoms with Crippen molar-refractivity contribution in [3.63, 3.8) is 0 Å². The summed E-state index contributed by atoms with van der Waals surface area (Å²) in [5.74, 6) is -0.0758. The van der Waals surface area contributed by atoms with Gasteiger partial charge in [-0.15, -0.1) is 0 Å². The first-order valence-corrected chi connectivity index (χ1v) is 7.29. The maximum absolute atomic E-state index is 13.8. The second-order valence-electron chi connectivity index (χ2n) is 5.32. The Kier molecular flexibility index (Phi) is 4.75. The van der Waals surface area contributed by atoms with Crippen molar-refractivity contribution in [1.82, 2.24) is 10.1 Å². The van der Waals surface area contributed by atoms with Crippen LogP contribution in [0, 0.1) is 5.82 Å². The summed E-state index contributed by atoms with van der Waals surface area (Å²) in [5, 5.41) is 3.84. The van der Waals surface area contributed by atoms with E-state index < -0.39 is 11.4 Å². The molecular formula is C14H17BrFN3O2. The third-order valence-corrected chi connectivity index (χ3v) is 3.31. The molecule has 1 unspecified atom stereocenters. The van der Waals surface area contributed by atoms with E-state index in [-0.39, 0.29) is 30.0 Å². The molecule has 7 heteroatoms. The van der Waals surface area contributed by atoms with Crippen LogP contribution in [0.3, 0.4) is 0 Å². The molecule has 5 nitrogen and oxygen atoms in total. The summed E-state index contributed by atoms with van der Waals surface area (Å²) in [6.45, 7) is 5.80. The number of ether oxygens (including phenoxy) is 1. The van der Waals surface area contributed by atoms with Gasteiger partial charge in [0, 0.05) is 4.47 Å². The predicted octanol–water partition coefficient (Wildman–Crippen LogP) is 3.24. The van der Waals surface area contributed by atoms with E-state index in [0.717, 1.165) is 4.47 Å². The fourth-order valence-corrected chi connectivity index (χ4v) is 1.99. The molecule has 2 rings (SSSR count). The number of hydrogen-bond donors (Lipinski definition) is 1. The average Bonchev–Trinajstić information content (AvgIpc) is 2.90. The average molecular weight is 358 g/mol. The lowest BCUT2D eigenvalue weighted by molar-refractivity contribution is 0.0410. The van der Waals surface area contributed by atoms with Crippen molar-refractivity contribution in [3.8, 4) is 11.5 Å². The zero-order valence-corrected chi connectivity index (χ0v) is 13.6. The number of aromatic nitrogens is 2. The molecule has 2 aromatic rings. The standard InChI is InChI=1S/C14H17BrFN3O2/c1-8(2)20-7-14(3,17)13-18-12(21-19-13)10-6-9(15)4-5-11(10)16/h4-6,8H,7,17H2,1-3H3. The fraction of sp³-hybridized carbons (Fsp3) is 0.429. The van der Waals surface area contributed by atoms with Gasteiger partial charge in [-0.3, -0.25) is 0 Å². The van der Waals surface area contributed by atoms with Gasteiger partial charge in [-0.25, -0.2) is 4.39 Å². The van der Waals surface area contributed by atoms with Crippen LogP contribution in [-0.4, -0.2) is 22.9 Å². The van der Waals surface area contributed by atoms with E-state index in [0.29, 0.717) is 0 Å². The first-order chi connectivity index (χ1) is 9.79. The molecule has 0 aliphatic heterocycles. The zero-order valence-electron chi connectivity index (χ0n) is 12.1. The van der Waals surface area contributed by atoms with Crippen LogP contribution in [-0.2, 0) is 10.3 Å². The Morgan fingerprint density at radius 2 is 2.19 bits per heavy atom. The smallest absolute Gasteiger partial charge is 0.261 e. The van der Waals surface area contributed by atoms with Crippen LogP contribution >= 0.6 is 15.9 Å². The summed E-state index contributed by atoms with van der Waals surface area (Å²) in [6, 6.07) is 4.50. The third-order valence-electron chi connectivity index (χ3n) is 2.81. The van der Waals surface area contributed by atoms with Crippen molar-refractivity contribution < 1.29 is 13.7 Å². The highest BCUT2D eigenvalue weighted by molar-refractivity contribution is 9.10. The molecular weight excluding hydrogens is 341 g/mol. The van der Waals surface area contributed by atoms with Crippen molar-refractivity contribution in [1.29, 1.82) is 0 Å². The highest BCUT2D eigenvalue weighted by Gasteiger charge is 2.29. The number of halogens is 2. The van der Waals surface area contributed by atoms with Crippen molar-refractivity contribution in [2.45, 2.75) is 32.4 Å². The van der Waals surface area contributed by atoms with Crippen LogP contribution in [0.4, 0.5) is 4.39 Å². The van der Waals surface area contributed by atoms with Crippen molar-refractivity contribution >= 4 is 15.9 Å². The monoisotopic (exact) mass is 357 g/mol. The molecule has 0 saturated carbocycles. The maximum Gasteiger partial charge on any atom is 0.261 e. The fourth-order valence-electron chi connectivity index (χ4n) is 1.63. The van der Waals surface area contributed by atoms with E-state index in [4.69, 9.17) is 15.0 Å². The van der Waals surface area contributed by atoms with Crippen molar-refractivity contribution in [2.75, 3.05) is 6.61 Å². The Labute approximate surface area is 130 Å². The van der Waals surface area contributed by atoms with Crippen LogP contribution < -0.4 is 5.73 Å². The van der Waals surface area contributed by atoms with Crippen LogP contribution in [0.1, 0.15) is 26.6 Å². The first kappa shape index (κ1) is 16.1. The van der Waals surface area contributed by atoms with Gasteiger partial charge in [0.2, 0.25) is 0 Å². The maximum atomic E-state index is 13.8. The topological polar surface area (TPSA) is 74.2 Å². The lowest BCUT2D eigenvalue weighted by atomic mass is 10.1. The van der Waals surface area contributed by atoms with E-state index in [1.54, 1.807) is 19.1 Å². The molecule has 0 aliphatic rings. The van der Waals surface area contributed by atoms with E-state index in [1.165, 1.54) is 6.07 Å². The molecule has 1 aromatic carbocycles. The molecule has 0 saturated heterocycles. The minimum atomic E-state index is -0.908. The molecule has 21 heavy (non-hydrogen) atoms. The normalized spacial score (nSPS) is 14.4. The highest BCUT2D eigenvalue weighted by Crippen LogP contribution is 2.26. The Morgan fingerprint density at radius 3 is 2.86 bits per heavy atom. The molecule has 0 bridgehead atoms. The summed E-state index contributed by atoms with van der Waals surface area (Å²) in [6.07, 6.45) is 0.0433. The summed E-state index contributed by atoms with van der Waals surface area (Å²) in [4.78, 5) is 4.19. The second-order valence-corrected chi connectivity index (χ2v) is 6.24. The second kappa shape index (κ2) is 6.21. The Morgan fingerprint density at radius 1 is 1.48 bits per heavy atom. The van der Waals surface area contributed by atoms with Gasteiger partial charge in [-0.05, 0) is 39.0 Å². The van der Waals surface area contributed by atoms with Crippen LogP contribution in [0.25, 0.3) is 11.5 Å². The largest absolute Gasteiger partial charge is 0.376 e. The molecule has 2 N–H and O–H groups in total. The number of nitrogens with two attached hydrogens (primary N) is 1. The Balaban J connectivity index is 2.27. The molecule has 0 amide bonds. The molecule has 1 aromatic heterocycles. The number of benzene rings is 1. The first-order valence-electron chi connectivity index (χ1n) is 6.49. The van der Waals surface area contributed by atoms with Crippen LogP contribution in [0.2, 0.25) is 0 Å². The number of hydrogen-bond acceptors (Lipinski definition) is 5. The summed E-state index contributed by atoms with van der Waals surface area (Å²) >= 11 is 3.28. The van der Waals surface area contributed by atoms with Gasteiger partial charge in [-0.2, -0.15) is 4.98 Å². The van der Waals surface area contributed by atoms with Gasteiger partial charge >= 0.3 is 0 Å². The molecule has 0 fully saturated rings. The van der Waals surface area contributed by atoms with Crippen LogP contribution in [0.15, 0.2) is 27.2 Å². The van der Waals surface area contributed by atoms with E-state index in [2.05, 4.69) is 26.1 Å². The molecule has 114 valence electrons. The van der Waals surface area contributed by atoms with Crippen LogP contribution in [0.5, 0.6) is 0 Å².